The molecule has 4 nitrogen and oxygen atoms in total. The Labute approximate surface area is 89.1 Å². The molecule has 0 heterocycles. The van der Waals surface area contributed by atoms with Crippen LogP contribution in [0.4, 0.5) is 14.9 Å². The summed E-state index contributed by atoms with van der Waals surface area (Å²) in [4.78, 5) is 10.8. The van der Waals surface area contributed by atoms with Crippen molar-refractivity contribution < 1.29 is 9.18 Å². The van der Waals surface area contributed by atoms with Gasteiger partial charge in [0.2, 0.25) is 0 Å². The first kappa shape index (κ1) is 11.0. The number of nitrogens with two attached hydrogens (primary N) is 1. The first-order valence-electron chi connectivity index (χ1n) is 3.46. The molecule has 0 radical (unpaired) electrons. The Morgan fingerprint density at radius 2 is 1.86 bits per heavy atom. The van der Waals surface area contributed by atoms with Gasteiger partial charge in [-0.3, -0.25) is 5.43 Å². The lowest BCUT2D eigenvalue weighted by Gasteiger charge is -2.08. The summed E-state index contributed by atoms with van der Waals surface area (Å²) in [6.07, 6.45) is 0. The van der Waals surface area contributed by atoms with E-state index in [0.29, 0.717) is 0 Å². The van der Waals surface area contributed by atoms with Gasteiger partial charge in [-0.05, 0) is 12.1 Å². The van der Waals surface area contributed by atoms with Gasteiger partial charge in [0.25, 0.3) is 0 Å². The maximum absolute atomic E-state index is 12.7. The van der Waals surface area contributed by atoms with Gasteiger partial charge in [-0.2, -0.15) is 0 Å². The number of rotatable bonds is 1. The summed E-state index contributed by atoms with van der Waals surface area (Å²) >= 11 is 11.3. The number of hydrogen-bond donors (Lipinski definition) is 3. The second-order valence-electron chi connectivity index (χ2n) is 2.34. The number of carbonyl (C=O) groups excluding carboxylic acids is 1. The number of urea groups is 1. The summed E-state index contributed by atoms with van der Waals surface area (Å²) in [7, 11) is 0. The number of halogens is 3. The van der Waals surface area contributed by atoms with Gasteiger partial charge in [-0.25, -0.2) is 15.0 Å². The number of benzene rings is 1. The lowest BCUT2D eigenvalue weighted by Crippen LogP contribution is -2.34. The average molecular weight is 238 g/mol. The van der Waals surface area contributed by atoms with Gasteiger partial charge < -0.3 is 5.32 Å². The van der Waals surface area contributed by atoms with Crippen molar-refractivity contribution in [1.82, 2.24) is 5.43 Å². The van der Waals surface area contributed by atoms with Crippen LogP contribution in [0.3, 0.4) is 0 Å². The molecule has 0 bridgehead atoms. The smallest absolute Gasteiger partial charge is 0.304 e. The second-order valence-corrected chi connectivity index (χ2v) is 3.16. The summed E-state index contributed by atoms with van der Waals surface area (Å²) < 4.78 is 12.7. The topological polar surface area (TPSA) is 67.1 Å². The van der Waals surface area contributed by atoms with E-state index in [1.807, 2.05) is 5.43 Å². The number of amides is 2. The van der Waals surface area contributed by atoms with E-state index >= 15 is 0 Å². The number of carbonyl (C=O) groups is 1. The molecule has 1 rings (SSSR count). The van der Waals surface area contributed by atoms with Gasteiger partial charge in [0.15, 0.2) is 0 Å². The molecule has 2 amide bonds. The van der Waals surface area contributed by atoms with Crippen LogP contribution >= 0.6 is 23.2 Å². The van der Waals surface area contributed by atoms with Crippen LogP contribution in [0.1, 0.15) is 0 Å². The highest BCUT2D eigenvalue weighted by Crippen LogP contribution is 2.31. The van der Waals surface area contributed by atoms with Crippen LogP contribution in [0.25, 0.3) is 0 Å². The van der Waals surface area contributed by atoms with E-state index in [2.05, 4.69) is 5.32 Å². The first-order valence-corrected chi connectivity index (χ1v) is 4.22. The van der Waals surface area contributed by atoms with Gasteiger partial charge in [-0.1, -0.05) is 23.2 Å². The SMILES string of the molecule is NNC(=O)Nc1c(Cl)cc(F)cc1Cl. The molecule has 0 saturated carbocycles. The summed E-state index contributed by atoms with van der Waals surface area (Å²) in [6, 6.07) is 1.36. The zero-order valence-electron chi connectivity index (χ0n) is 6.77. The minimum Gasteiger partial charge on any atom is -0.304 e. The lowest BCUT2D eigenvalue weighted by atomic mass is 10.3. The molecule has 7 heteroatoms. The molecular weight excluding hydrogens is 232 g/mol. The van der Waals surface area contributed by atoms with Crippen molar-refractivity contribution in [3.8, 4) is 0 Å². The Morgan fingerprint density at radius 3 is 2.29 bits per heavy atom. The molecule has 14 heavy (non-hydrogen) atoms. The molecule has 0 fully saturated rings. The minimum atomic E-state index is -0.694. The Morgan fingerprint density at radius 1 is 1.36 bits per heavy atom. The molecule has 0 atom stereocenters. The Hall–Kier alpha value is -1.04. The van der Waals surface area contributed by atoms with Crippen LogP contribution in [0, 0.1) is 5.82 Å². The zero-order chi connectivity index (χ0) is 10.7. The van der Waals surface area contributed by atoms with Crippen LogP contribution in [0.5, 0.6) is 0 Å². The minimum absolute atomic E-state index is 0.00130. The fourth-order valence-electron chi connectivity index (χ4n) is 0.811. The van der Waals surface area contributed by atoms with Crippen molar-refractivity contribution in [1.29, 1.82) is 0 Å². The molecule has 76 valence electrons. The van der Waals surface area contributed by atoms with Crippen molar-refractivity contribution in [2.45, 2.75) is 0 Å². The highest BCUT2D eigenvalue weighted by atomic mass is 35.5. The van der Waals surface area contributed by atoms with Crippen molar-refractivity contribution in [3.63, 3.8) is 0 Å². The van der Waals surface area contributed by atoms with Crippen LogP contribution in [-0.2, 0) is 0 Å². The molecule has 0 aromatic heterocycles. The van der Waals surface area contributed by atoms with E-state index in [1.54, 1.807) is 0 Å². The maximum atomic E-state index is 12.7. The molecule has 0 aliphatic rings. The van der Waals surface area contributed by atoms with E-state index in [9.17, 15) is 9.18 Å². The Kier molecular flexibility index (Phi) is 3.51. The van der Waals surface area contributed by atoms with Gasteiger partial charge in [0.1, 0.15) is 5.82 Å². The number of anilines is 1. The summed E-state index contributed by atoms with van der Waals surface area (Å²) in [5, 5.41) is 2.25. The first-order chi connectivity index (χ1) is 6.54. The molecular formula is C7H6Cl2FN3O. The highest BCUT2D eigenvalue weighted by Gasteiger charge is 2.10. The van der Waals surface area contributed by atoms with Crippen LogP contribution in [0.15, 0.2) is 12.1 Å². The predicted molar refractivity (Wildman–Crippen MR) is 52.8 cm³/mol. The molecule has 1 aromatic carbocycles. The number of hydrogen-bond acceptors (Lipinski definition) is 2. The Balaban J connectivity index is 3.02. The number of nitrogens with one attached hydrogen (secondary N) is 2. The third kappa shape index (κ3) is 2.47. The third-order valence-electron chi connectivity index (χ3n) is 1.38. The standard InChI is InChI=1S/C7H6Cl2FN3O/c8-4-1-3(10)2-5(9)6(4)12-7(14)13-11/h1-2H,11H2,(H2,12,13,14). The fourth-order valence-corrected chi connectivity index (χ4v) is 1.37. The maximum Gasteiger partial charge on any atom is 0.333 e. The van der Waals surface area contributed by atoms with E-state index < -0.39 is 11.8 Å². The van der Waals surface area contributed by atoms with Gasteiger partial charge in [0, 0.05) is 0 Å². The largest absolute Gasteiger partial charge is 0.333 e. The molecule has 0 unspecified atom stereocenters. The van der Waals surface area contributed by atoms with Gasteiger partial charge in [0.05, 0.1) is 15.7 Å². The molecule has 1 aromatic rings. The van der Waals surface area contributed by atoms with E-state index in [-0.39, 0.29) is 15.7 Å². The third-order valence-corrected chi connectivity index (χ3v) is 1.97. The van der Waals surface area contributed by atoms with E-state index in [1.165, 1.54) is 0 Å². The zero-order valence-corrected chi connectivity index (χ0v) is 8.29. The van der Waals surface area contributed by atoms with Crippen molar-refractivity contribution in [2.24, 2.45) is 5.84 Å². The summed E-state index contributed by atoms with van der Waals surface area (Å²) in [5.74, 6) is 4.24. The molecule has 0 spiro atoms. The summed E-state index contributed by atoms with van der Waals surface area (Å²) in [5.41, 5.74) is 1.93. The van der Waals surface area contributed by atoms with Crippen LogP contribution in [0.2, 0.25) is 10.0 Å². The molecule has 0 aliphatic carbocycles. The predicted octanol–water partition coefficient (Wildman–Crippen LogP) is 2.13. The normalized spacial score (nSPS) is 9.71. The van der Waals surface area contributed by atoms with E-state index in [4.69, 9.17) is 29.0 Å². The van der Waals surface area contributed by atoms with Gasteiger partial charge in [-0.15, -0.1) is 0 Å². The van der Waals surface area contributed by atoms with Crippen molar-refractivity contribution >= 4 is 34.9 Å². The Bertz CT molecular complexity index is 349. The van der Waals surface area contributed by atoms with Crippen molar-refractivity contribution in [2.75, 3.05) is 5.32 Å². The lowest BCUT2D eigenvalue weighted by molar-refractivity contribution is 0.252. The van der Waals surface area contributed by atoms with Gasteiger partial charge >= 0.3 is 6.03 Å². The highest BCUT2D eigenvalue weighted by molar-refractivity contribution is 6.39. The average Bonchev–Trinajstić information content (AvgIpc) is 2.10. The molecule has 0 aliphatic heterocycles. The monoisotopic (exact) mass is 237 g/mol. The number of hydrazine groups is 1. The molecule has 0 saturated heterocycles. The fraction of sp³-hybridized carbons (Fsp3) is 0. The quantitative estimate of drug-likeness (QED) is 0.398. The van der Waals surface area contributed by atoms with Crippen LogP contribution < -0.4 is 16.6 Å². The van der Waals surface area contributed by atoms with Crippen LogP contribution in [-0.4, -0.2) is 6.03 Å². The molecule has 4 N–H and O–H groups in total. The van der Waals surface area contributed by atoms with Crippen molar-refractivity contribution in [3.05, 3.63) is 28.0 Å². The second kappa shape index (κ2) is 4.45. The van der Waals surface area contributed by atoms with E-state index in [0.717, 1.165) is 12.1 Å². The summed E-state index contributed by atoms with van der Waals surface area (Å²) in [6.45, 7) is 0.